The van der Waals surface area contributed by atoms with E-state index in [0.717, 1.165) is 5.56 Å². The van der Waals surface area contributed by atoms with Gasteiger partial charge in [-0.25, -0.2) is 9.69 Å². The third kappa shape index (κ3) is 2.86. The molecule has 1 saturated heterocycles. The van der Waals surface area contributed by atoms with Crippen LogP contribution in [0.4, 0.5) is 11.4 Å². The average molecular weight is 324 g/mol. The molecule has 0 unspecified atom stereocenters. The van der Waals surface area contributed by atoms with Gasteiger partial charge in [-0.3, -0.25) is 9.59 Å². The zero-order valence-electron chi connectivity index (χ0n) is 13.0. The third-order valence-corrected chi connectivity index (χ3v) is 3.98. The van der Waals surface area contributed by atoms with Crippen molar-refractivity contribution >= 4 is 29.2 Å². The topological polar surface area (TPSA) is 86.7 Å². The number of carbonyl (C=O) groups is 3. The summed E-state index contributed by atoms with van der Waals surface area (Å²) in [5, 5.41) is 11.9. The molecule has 0 aliphatic carbocycles. The maximum atomic E-state index is 12.6. The van der Waals surface area contributed by atoms with Crippen molar-refractivity contribution in [3.8, 4) is 0 Å². The molecule has 1 heterocycles. The molecular weight excluding hydrogens is 308 g/mol. The normalized spacial score (nSPS) is 17.2. The van der Waals surface area contributed by atoms with Crippen LogP contribution in [-0.4, -0.2) is 28.9 Å². The van der Waals surface area contributed by atoms with Crippen LogP contribution in [0.1, 0.15) is 22.3 Å². The van der Waals surface area contributed by atoms with E-state index in [9.17, 15) is 14.4 Å². The summed E-state index contributed by atoms with van der Waals surface area (Å²) in [6.07, 6.45) is 0.0633. The van der Waals surface area contributed by atoms with Gasteiger partial charge in [0, 0.05) is 5.69 Å². The highest BCUT2D eigenvalue weighted by atomic mass is 16.4. The largest absolute Gasteiger partial charge is 0.478 e. The van der Waals surface area contributed by atoms with Gasteiger partial charge < -0.3 is 10.4 Å². The van der Waals surface area contributed by atoms with Crippen LogP contribution in [0.2, 0.25) is 0 Å². The Morgan fingerprint density at radius 3 is 2.42 bits per heavy atom. The summed E-state index contributed by atoms with van der Waals surface area (Å²) in [6, 6.07) is 12.6. The summed E-state index contributed by atoms with van der Waals surface area (Å²) in [4.78, 5) is 36.9. The number of carbonyl (C=O) groups excluding carboxylic acids is 2. The fourth-order valence-electron chi connectivity index (χ4n) is 2.72. The van der Waals surface area contributed by atoms with Crippen LogP contribution in [-0.2, 0) is 9.59 Å². The van der Waals surface area contributed by atoms with Crippen LogP contribution >= 0.6 is 0 Å². The minimum absolute atomic E-state index is 0.0633. The number of anilines is 2. The van der Waals surface area contributed by atoms with Gasteiger partial charge in [0.15, 0.2) is 0 Å². The Morgan fingerprint density at radius 1 is 1.12 bits per heavy atom. The fraction of sp³-hybridized carbons (Fsp3) is 0.167. The fourth-order valence-corrected chi connectivity index (χ4v) is 2.72. The molecule has 6 nitrogen and oxygen atoms in total. The van der Waals surface area contributed by atoms with Gasteiger partial charge in [-0.2, -0.15) is 0 Å². The van der Waals surface area contributed by atoms with Crippen LogP contribution in [0, 0.1) is 6.92 Å². The molecule has 0 radical (unpaired) electrons. The van der Waals surface area contributed by atoms with E-state index in [1.807, 2.05) is 19.1 Å². The number of benzene rings is 2. The number of aryl methyl sites for hydroxylation is 1. The van der Waals surface area contributed by atoms with Crippen LogP contribution < -0.4 is 10.2 Å². The second kappa shape index (κ2) is 6.16. The predicted octanol–water partition coefficient (Wildman–Crippen LogP) is 2.44. The highest BCUT2D eigenvalue weighted by molar-refractivity contribution is 6.23. The number of imide groups is 1. The number of carboxylic acid groups (broad SMARTS) is 1. The van der Waals surface area contributed by atoms with Crippen LogP contribution in [0.5, 0.6) is 0 Å². The molecule has 2 aromatic rings. The summed E-state index contributed by atoms with van der Waals surface area (Å²) in [6.45, 7) is 1.85. The van der Waals surface area contributed by atoms with E-state index < -0.39 is 12.0 Å². The van der Waals surface area contributed by atoms with Gasteiger partial charge in [0.2, 0.25) is 5.91 Å². The lowest BCUT2D eigenvalue weighted by Crippen LogP contribution is -2.35. The summed E-state index contributed by atoms with van der Waals surface area (Å²) >= 11 is 0. The van der Waals surface area contributed by atoms with Crippen molar-refractivity contribution < 1.29 is 19.5 Å². The second-order valence-corrected chi connectivity index (χ2v) is 5.64. The average Bonchev–Trinajstić information content (AvgIpc) is 2.83. The molecule has 1 aliphatic heterocycles. The number of hydrogen-bond donors (Lipinski definition) is 2. The zero-order valence-corrected chi connectivity index (χ0v) is 13.0. The first-order valence-corrected chi connectivity index (χ1v) is 7.49. The molecule has 2 N–H and O–H groups in total. The Hall–Kier alpha value is -3.15. The number of para-hydroxylation sites is 1. The Balaban J connectivity index is 1.79. The number of amides is 2. The quantitative estimate of drug-likeness (QED) is 0.844. The number of aromatic carboxylic acids is 1. The van der Waals surface area contributed by atoms with Gasteiger partial charge in [0.1, 0.15) is 6.04 Å². The SMILES string of the molecule is Cc1ccccc1N1C(=O)C[C@@H](Nc2ccc(C(=O)O)cc2)C1=O. The molecule has 3 rings (SSSR count). The molecule has 6 heteroatoms. The van der Waals surface area contributed by atoms with Gasteiger partial charge in [-0.1, -0.05) is 18.2 Å². The lowest BCUT2D eigenvalue weighted by molar-refractivity contribution is -0.121. The van der Waals surface area contributed by atoms with Crippen LogP contribution in [0.3, 0.4) is 0 Å². The van der Waals surface area contributed by atoms with Crippen molar-refractivity contribution in [1.29, 1.82) is 0 Å². The monoisotopic (exact) mass is 324 g/mol. The van der Waals surface area contributed by atoms with E-state index in [0.29, 0.717) is 11.4 Å². The number of nitrogens with zero attached hydrogens (tertiary/aromatic N) is 1. The molecule has 1 aliphatic rings. The molecule has 24 heavy (non-hydrogen) atoms. The Bertz CT molecular complexity index is 814. The molecule has 2 aromatic carbocycles. The first kappa shape index (κ1) is 15.7. The van der Waals surface area contributed by atoms with E-state index in [2.05, 4.69) is 5.32 Å². The molecule has 2 amide bonds. The first-order chi connectivity index (χ1) is 11.5. The predicted molar refractivity (Wildman–Crippen MR) is 89.1 cm³/mol. The molecular formula is C18H16N2O4. The van der Waals surface area contributed by atoms with E-state index in [-0.39, 0.29) is 23.8 Å². The number of nitrogens with one attached hydrogen (secondary N) is 1. The zero-order chi connectivity index (χ0) is 17.3. The van der Waals surface area contributed by atoms with Crippen molar-refractivity contribution in [2.75, 3.05) is 10.2 Å². The van der Waals surface area contributed by atoms with Crippen molar-refractivity contribution in [1.82, 2.24) is 0 Å². The van der Waals surface area contributed by atoms with Gasteiger partial charge in [-0.05, 0) is 42.8 Å². The Labute approximate surface area is 138 Å². The Morgan fingerprint density at radius 2 is 1.79 bits per heavy atom. The highest BCUT2D eigenvalue weighted by Crippen LogP contribution is 2.27. The van der Waals surface area contributed by atoms with Crippen molar-refractivity contribution in [3.05, 3.63) is 59.7 Å². The number of carboxylic acids is 1. The Kier molecular flexibility index (Phi) is 4.04. The number of rotatable bonds is 4. The molecule has 1 atom stereocenters. The second-order valence-electron chi connectivity index (χ2n) is 5.64. The molecule has 0 saturated carbocycles. The van der Waals surface area contributed by atoms with Crippen molar-refractivity contribution in [3.63, 3.8) is 0 Å². The third-order valence-electron chi connectivity index (χ3n) is 3.98. The van der Waals surface area contributed by atoms with Gasteiger partial charge >= 0.3 is 5.97 Å². The smallest absolute Gasteiger partial charge is 0.335 e. The summed E-state index contributed by atoms with van der Waals surface area (Å²) < 4.78 is 0. The van der Waals surface area contributed by atoms with Gasteiger partial charge in [0.25, 0.3) is 5.91 Å². The molecule has 0 bridgehead atoms. The van der Waals surface area contributed by atoms with E-state index in [1.165, 1.54) is 17.0 Å². The number of hydrogen-bond acceptors (Lipinski definition) is 4. The lowest BCUT2D eigenvalue weighted by Gasteiger charge is -2.18. The highest BCUT2D eigenvalue weighted by Gasteiger charge is 2.40. The minimum Gasteiger partial charge on any atom is -0.478 e. The minimum atomic E-state index is -1.01. The van der Waals surface area contributed by atoms with E-state index in [1.54, 1.807) is 24.3 Å². The van der Waals surface area contributed by atoms with E-state index in [4.69, 9.17) is 5.11 Å². The van der Waals surface area contributed by atoms with Gasteiger partial charge in [0.05, 0.1) is 17.7 Å². The lowest BCUT2D eigenvalue weighted by atomic mass is 10.1. The molecule has 122 valence electrons. The maximum Gasteiger partial charge on any atom is 0.335 e. The summed E-state index contributed by atoms with van der Waals surface area (Å²) in [5.41, 5.74) is 2.21. The van der Waals surface area contributed by atoms with Crippen LogP contribution in [0.15, 0.2) is 48.5 Å². The van der Waals surface area contributed by atoms with Gasteiger partial charge in [-0.15, -0.1) is 0 Å². The summed E-state index contributed by atoms with van der Waals surface area (Å²) in [5.74, 6) is -1.58. The molecule has 1 fully saturated rings. The standard InChI is InChI=1S/C18H16N2O4/c1-11-4-2-3-5-15(11)20-16(21)10-14(17(20)22)19-13-8-6-12(7-9-13)18(23)24/h2-9,14,19H,10H2,1H3,(H,23,24)/t14-/m1/s1. The first-order valence-electron chi connectivity index (χ1n) is 7.49. The molecule has 0 aromatic heterocycles. The van der Waals surface area contributed by atoms with E-state index >= 15 is 0 Å². The van der Waals surface area contributed by atoms with Crippen molar-refractivity contribution in [2.45, 2.75) is 19.4 Å². The van der Waals surface area contributed by atoms with Crippen molar-refractivity contribution in [2.24, 2.45) is 0 Å². The summed E-state index contributed by atoms with van der Waals surface area (Å²) in [7, 11) is 0. The molecule has 0 spiro atoms. The van der Waals surface area contributed by atoms with Crippen LogP contribution in [0.25, 0.3) is 0 Å². The maximum absolute atomic E-state index is 12.6.